The molecule has 2 atom stereocenters. The number of aromatic nitrogens is 4. The third-order valence-corrected chi connectivity index (χ3v) is 9.06. The Morgan fingerprint density at radius 2 is 1.92 bits per heavy atom. The third-order valence-electron chi connectivity index (χ3n) is 6.53. The monoisotopic (exact) mass is 557 g/mol. The van der Waals surface area contributed by atoms with Gasteiger partial charge >= 0.3 is 5.69 Å². The van der Waals surface area contributed by atoms with Crippen LogP contribution < -0.4 is 20.6 Å². The maximum Gasteiger partial charge on any atom is 0.335 e. The van der Waals surface area contributed by atoms with Gasteiger partial charge in [0.05, 0.1) is 40.4 Å². The molecule has 1 aromatic carbocycles. The van der Waals surface area contributed by atoms with E-state index in [1.165, 1.54) is 15.2 Å². The first kappa shape index (κ1) is 26.2. The molecule has 4 heterocycles. The van der Waals surface area contributed by atoms with Gasteiger partial charge in [-0.15, -0.1) is 10.2 Å². The summed E-state index contributed by atoms with van der Waals surface area (Å²) >= 11 is 0.597. The Labute approximate surface area is 216 Å². The van der Waals surface area contributed by atoms with Crippen molar-refractivity contribution in [2.45, 2.75) is 63.2 Å². The predicted molar refractivity (Wildman–Crippen MR) is 135 cm³/mol. The van der Waals surface area contributed by atoms with Crippen LogP contribution in [0, 0.1) is 0 Å². The normalized spacial score (nSPS) is 22.1. The van der Waals surface area contributed by atoms with Gasteiger partial charge in [0, 0.05) is 31.7 Å². The number of alkyl halides is 2. The zero-order chi connectivity index (χ0) is 26.7. The average molecular weight is 558 g/mol. The molecule has 202 valence electrons. The van der Waals surface area contributed by atoms with Gasteiger partial charge in [0.15, 0.2) is 5.01 Å². The number of nitrogens with zero attached hydrogens (tertiary/aromatic N) is 5. The van der Waals surface area contributed by atoms with Crippen LogP contribution in [0.25, 0.3) is 16.2 Å². The van der Waals surface area contributed by atoms with E-state index in [1.807, 2.05) is 13.8 Å². The first-order valence-corrected chi connectivity index (χ1v) is 14.3. The van der Waals surface area contributed by atoms with E-state index < -0.39 is 32.7 Å². The molecule has 2 aromatic heterocycles. The van der Waals surface area contributed by atoms with E-state index in [2.05, 4.69) is 25.1 Å². The van der Waals surface area contributed by atoms with Crippen LogP contribution in [0.2, 0.25) is 0 Å². The number of rotatable bonds is 7. The van der Waals surface area contributed by atoms with Crippen LogP contribution in [0.15, 0.2) is 21.8 Å². The Hall–Kier alpha value is -2.46. The van der Waals surface area contributed by atoms with Crippen LogP contribution in [-0.4, -0.2) is 71.7 Å². The molecule has 2 aliphatic rings. The molecule has 2 fully saturated rings. The second-order valence-corrected chi connectivity index (χ2v) is 12.6. The maximum absolute atomic E-state index is 13.6. The van der Waals surface area contributed by atoms with Gasteiger partial charge in [-0.05, 0) is 39.8 Å². The first-order chi connectivity index (χ1) is 17.4. The molecule has 0 amide bonds. The van der Waals surface area contributed by atoms with Crippen LogP contribution in [-0.2, 0) is 21.3 Å². The highest BCUT2D eigenvalue weighted by Crippen LogP contribution is 2.35. The molecule has 0 spiro atoms. The summed E-state index contributed by atoms with van der Waals surface area (Å²) in [4.78, 5) is 15.6. The minimum atomic E-state index is -4.03. The number of hydrogen-bond acceptors (Lipinski definition) is 9. The topological polar surface area (TPSA) is 123 Å². The number of imidazole rings is 1. The molecule has 0 unspecified atom stereocenters. The lowest BCUT2D eigenvalue weighted by Gasteiger charge is -2.39. The summed E-state index contributed by atoms with van der Waals surface area (Å²) in [5.74, 6) is 0. The number of ether oxygens (including phenoxy) is 1. The fourth-order valence-corrected chi connectivity index (χ4v) is 7.12. The number of nitrogens with one attached hydrogen (secondary N) is 2. The molecule has 3 aromatic rings. The van der Waals surface area contributed by atoms with Gasteiger partial charge in [-0.25, -0.2) is 31.3 Å². The molecule has 2 saturated heterocycles. The highest BCUT2D eigenvalue weighted by Gasteiger charge is 2.38. The molecule has 0 aliphatic carbocycles. The van der Waals surface area contributed by atoms with E-state index in [9.17, 15) is 22.0 Å². The van der Waals surface area contributed by atoms with Crippen LogP contribution >= 0.6 is 11.3 Å². The van der Waals surface area contributed by atoms with Crippen molar-refractivity contribution in [3.8, 4) is 5.13 Å². The van der Waals surface area contributed by atoms with Gasteiger partial charge in [0.1, 0.15) is 0 Å². The van der Waals surface area contributed by atoms with Crippen LogP contribution in [0.5, 0.6) is 0 Å². The Morgan fingerprint density at radius 1 is 1.24 bits per heavy atom. The fraction of sp³-hybridized carbons (Fsp3) is 0.591. The quantitative estimate of drug-likeness (QED) is 0.451. The number of halogens is 2. The zero-order valence-electron chi connectivity index (χ0n) is 20.9. The smallest absolute Gasteiger partial charge is 0.335 e. The zero-order valence-corrected chi connectivity index (χ0v) is 22.5. The largest absolute Gasteiger partial charge is 0.377 e. The third kappa shape index (κ3) is 4.67. The molecule has 2 aliphatic heterocycles. The van der Waals surface area contributed by atoms with Crippen molar-refractivity contribution >= 4 is 38.1 Å². The molecule has 5 rings (SSSR count). The van der Waals surface area contributed by atoms with E-state index in [0.717, 1.165) is 0 Å². The number of sulfonamides is 1. The Morgan fingerprint density at radius 3 is 2.46 bits per heavy atom. The molecule has 15 heteroatoms. The molecule has 11 nitrogen and oxygen atoms in total. The summed E-state index contributed by atoms with van der Waals surface area (Å²) in [7, 11) is -4.03. The lowest BCUT2D eigenvalue weighted by Crippen LogP contribution is -2.59. The van der Waals surface area contributed by atoms with Crippen molar-refractivity contribution in [3.63, 3.8) is 0 Å². The van der Waals surface area contributed by atoms with Crippen LogP contribution in [0.3, 0.4) is 0 Å². The number of hydrogen-bond donors (Lipinski definition) is 2. The molecular weight excluding hydrogens is 528 g/mol. The summed E-state index contributed by atoms with van der Waals surface area (Å²) in [5, 5.41) is 10.3. The second-order valence-electron chi connectivity index (χ2n) is 9.93. The summed E-state index contributed by atoms with van der Waals surface area (Å²) in [5.41, 5.74) is 0.0976. The lowest BCUT2D eigenvalue weighted by atomic mass is 10.0. The van der Waals surface area contributed by atoms with Gasteiger partial charge in [-0.1, -0.05) is 11.3 Å². The highest BCUT2D eigenvalue weighted by atomic mass is 32.2. The van der Waals surface area contributed by atoms with Crippen LogP contribution in [0.4, 0.5) is 14.5 Å². The fourth-order valence-electron chi connectivity index (χ4n) is 5.00. The lowest BCUT2D eigenvalue weighted by molar-refractivity contribution is -0.0523. The van der Waals surface area contributed by atoms with Gasteiger partial charge in [0.25, 0.3) is 6.43 Å². The average Bonchev–Trinajstić information content (AvgIpc) is 3.38. The summed E-state index contributed by atoms with van der Waals surface area (Å²) in [6.07, 6.45) is -2.84. The highest BCUT2D eigenvalue weighted by molar-refractivity contribution is 7.89. The number of fused-ring (bicyclic) bond motifs is 1. The predicted octanol–water partition coefficient (Wildman–Crippen LogP) is 1.86. The molecular formula is C22H29F2N7O4S2. The molecule has 0 radical (unpaired) electrons. The number of benzene rings is 1. The minimum absolute atomic E-state index is 0.0393. The van der Waals surface area contributed by atoms with E-state index in [1.54, 1.807) is 19.9 Å². The van der Waals surface area contributed by atoms with E-state index in [0.29, 0.717) is 35.6 Å². The Kier molecular flexibility index (Phi) is 6.63. The number of aryl methyl sites for hydroxylation is 1. The maximum atomic E-state index is 13.6. The molecule has 0 saturated carbocycles. The van der Waals surface area contributed by atoms with Crippen molar-refractivity contribution in [2.24, 2.45) is 0 Å². The van der Waals surface area contributed by atoms with Gasteiger partial charge < -0.3 is 15.0 Å². The summed E-state index contributed by atoms with van der Waals surface area (Å²) in [6.45, 7) is 9.55. The van der Waals surface area contributed by atoms with Crippen molar-refractivity contribution in [2.75, 3.05) is 31.2 Å². The van der Waals surface area contributed by atoms with Crippen molar-refractivity contribution in [1.29, 1.82) is 0 Å². The van der Waals surface area contributed by atoms with Gasteiger partial charge in [-0.2, -0.15) is 0 Å². The Bertz CT molecular complexity index is 1490. The van der Waals surface area contributed by atoms with Crippen molar-refractivity contribution in [3.05, 3.63) is 27.6 Å². The summed E-state index contributed by atoms with van der Waals surface area (Å²) in [6, 6.07) is 3.21. The van der Waals surface area contributed by atoms with Gasteiger partial charge in [-0.3, -0.25) is 4.57 Å². The van der Waals surface area contributed by atoms with Crippen molar-refractivity contribution in [1.82, 2.24) is 29.4 Å². The van der Waals surface area contributed by atoms with E-state index in [-0.39, 0.29) is 47.4 Å². The summed E-state index contributed by atoms with van der Waals surface area (Å²) < 4.78 is 64.2. The molecule has 37 heavy (non-hydrogen) atoms. The molecule has 0 bridgehead atoms. The van der Waals surface area contributed by atoms with E-state index >= 15 is 0 Å². The SMILES string of the molecule is CCn1c(=O)n(-c2nnc(C(F)F)s2)c2cc(S(=O)(=O)NC3(C)COC3)cc(N3C[C@H](C)N[C@@H](C)C3)c21. The number of piperazine rings is 1. The molecule has 2 N–H and O–H groups in total. The van der Waals surface area contributed by atoms with E-state index in [4.69, 9.17) is 4.74 Å². The number of anilines is 1. The van der Waals surface area contributed by atoms with Gasteiger partial charge in [0.2, 0.25) is 15.2 Å². The van der Waals surface area contributed by atoms with Crippen molar-refractivity contribution < 1.29 is 21.9 Å². The standard InChI is InChI=1S/C22H29F2N7O4S2/c1-5-30-17-15(29-8-12(2)25-13(3)9-29)6-14(37(33,34)28-22(4)10-35-11-22)7-16(17)31(21(30)32)20-27-26-19(36-20)18(23)24/h6-7,12-13,18,25,28H,5,8-11H2,1-4H3/t12-,13-/m0/s1. The second kappa shape index (κ2) is 9.38. The minimum Gasteiger partial charge on any atom is -0.377 e. The Balaban J connectivity index is 1.78. The first-order valence-electron chi connectivity index (χ1n) is 12.0. The van der Waals surface area contributed by atoms with Crippen LogP contribution in [0.1, 0.15) is 39.1 Å².